The molecule has 0 amide bonds. The number of halogens is 1. The van der Waals surface area contributed by atoms with Gasteiger partial charge in [-0.2, -0.15) is 0 Å². The van der Waals surface area contributed by atoms with Crippen LogP contribution in [0.1, 0.15) is 32.0 Å². The molecule has 0 saturated heterocycles. The molecule has 0 radical (unpaired) electrons. The van der Waals surface area contributed by atoms with E-state index >= 15 is 0 Å². The number of hydrogen-bond donors (Lipinski definition) is 2. The smallest absolute Gasteiger partial charge is 0.141 e. The molecule has 0 fully saturated rings. The molecule has 102 valence electrons. The Hall–Kier alpha value is -1.04. The molecular formula is C13H22FN3O. The minimum absolute atomic E-state index is 0.213. The molecule has 1 rings (SSSR count). The second-order valence-corrected chi connectivity index (χ2v) is 5.35. The number of nitrogens with zero attached hydrogens (tertiary/aromatic N) is 2. The number of rotatable bonds is 6. The van der Waals surface area contributed by atoms with Crippen molar-refractivity contribution in [2.75, 3.05) is 20.1 Å². The first-order valence-electron chi connectivity index (χ1n) is 6.06. The summed E-state index contributed by atoms with van der Waals surface area (Å²) in [5, 5.41) is 9.67. The number of pyridine rings is 1. The summed E-state index contributed by atoms with van der Waals surface area (Å²) in [5.41, 5.74) is 5.96. The summed E-state index contributed by atoms with van der Waals surface area (Å²) < 4.78 is 12.7. The summed E-state index contributed by atoms with van der Waals surface area (Å²) in [6, 6.07) is 2.76. The summed E-state index contributed by atoms with van der Waals surface area (Å²) in [4.78, 5) is 5.98. The Morgan fingerprint density at radius 3 is 2.67 bits per heavy atom. The minimum Gasteiger partial charge on any atom is -0.389 e. The van der Waals surface area contributed by atoms with Crippen LogP contribution in [0.15, 0.2) is 18.3 Å². The summed E-state index contributed by atoms with van der Waals surface area (Å²) in [6.45, 7) is 4.87. The van der Waals surface area contributed by atoms with E-state index in [4.69, 9.17) is 5.73 Å². The molecule has 0 saturated carbocycles. The van der Waals surface area contributed by atoms with Crippen LogP contribution < -0.4 is 5.73 Å². The maximum absolute atomic E-state index is 12.7. The van der Waals surface area contributed by atoms with Gasteiger partial charge in [0, 0.05) is 12.6 Å². The Morgan fingerprint density at radius 1 is 1.50 bits per heavy atom. The van der Waals surface area contributed by atoms with Crippen LogP contribution in [0.2, 0.25) is 0 Å². The molecule has 18 heavy (non-hydrogen) atoms. The molecule has 1 aromatic rings. The maximum Gasteiger partial charge on any atom is 0.141 e. The molecule has 0 aliphatic rings. The summed E-state index contributed by atoms with van der Waals surface area (Å²) in [7, 11) is 1.93. The van der Waals surface area contributed by atoms with Gasteiger partial charge in [-0.15, -0.1) is 0 Å². The van der Waals surface area contributed by atoms with E-state index in [0.29, 0.717) is 18.7 Å². The highest BCUT2D eigenvalue weighted by atomic mass is 19.1. The van der Waals surface area contributed by atoms with Crippen LogP contribution in [0.4, 0.5) is 4.39 Å². The third kappa shape index (κ3) is 5.53. The second-order valence-electron chi connectivity index (χ2n) is 5.35. The quantitative estimate of drug-likeness (QED) is 0.804. The van der Waals surface area contributed by atoms with Gasteiger partial charge in [0.05, 0.1) is 17.5 Å². The van der Waals surface area contributed by atoms with Gasteiger partial charge in [-0.05, 0) is 46.0 Å². The fourth-order valence-corrected chi connectivity index (χ4v) is 1.85. The van der Waals surface area contributed by atoms with Gasteiger partial charge < -0.3 is 15.7 Å². The molecular weight excluding hydrogens is 233 g/mol. The van der Waals surface area contributed by atoms with Gasteiger partial charge in [-0.3, -0.25) is 4.98 Å². The molecule has 4 nitrogen and oxygen atoms in total. The van der Waals surface area contributed by atoms with Crippen LogP contribution in [-0.4, -0.2) is 40.7 Å². The summed E-state index contributed by atoms with van der Waals surface area (Å²) in [5.74, 6) is -0.356. The molecule has 1 atom stereocenters. The standard InChI is InChI=1S/C13H22FN3O/c1-13(2,18)9-17(3)7-6-11(15)12-5-4-10(14)8-16-12/h4-5,8,11,18H,6-7,9,15H2,1-3H3. The lowest BCUT2D eigenvalue weighted by Gasteiger charge is -2.26. The van der Waals surface area contributed by atoms with Crippen molar-refractivity contribution in [2.45, 2.75) is 31.9 Å². The monoisotopic (exact) mass is 255 g/mol. The van der Waals surface area contributed by atoms with E-state index in [9.17, 15) is 9.50 Å². The minimum atomic E-state index is -0.715. The van der Waals surface area contributed by atoms with Crippen molar-refractivity contribution in [3.63, 3.8) is 0 Å². The van der Waals surface area contributed by atoms with Crippen molar-refractivity contribution in [2.24, 2.45) is 5.73 Å². The Balaban J connectivity index is 2.41. The van der Waals surface area contributed by atoms with Crippen LogP contribution >= 0.6 is 0 Å². The van der Waals surface area contributed by atoms with Crippen molar-refractivity contribution in [3.05, 3.63) is 29.8 Å². The van der Waals surface area contributed by atoms with Gasteiger partial charge in [0.2, 0.25) is 0 Å². The number of likely N-dealkylation sites (N-methyl/N-ethyl adjacent to an activating group) is 1. The van der Waals surface area contributed by atoms with E-state index in [1.807, 2.05) is 11.9 Å². The topological polar surface area (TPSA) is 62.4 Å². The highest BCUT2D eigenvalue weighted by Crippen LogP contribution is 2.12. The first-order valence-corrected chi connectivity index (χ1v) is 6.06. The fourth-order valence-electron chi connectivity index (χ4n) is 1.85. The van der Waals surface area contributed by atoms with E-state index in [-0.39, 0.29) is 11.9 Å². The van der Waals surface area contributed by atoms with Gasteiger partial charge in [0.25, 0.3) is 0 Å². The van der Waals surface area contributed by atoms with Gasteiger partial charge >= 0.3 is 0 Å². The van der Waals surface area contributed by atoms with E-state index in [1.165, 1.54) is 12.3 Å². The Bertz CT molecular complexity index is 361. The van der Waals surface area contributed by atoms with Crippen LogP contribution in [-0.2, 0) is 0 Å². The number of aromatic nitrogens is 1. The number of aliphatic hydroxyl groups is 1. The van der Waals surface area contributed by atoms with Gasteiger partial charge in [0.15, 0.2) is 0 Å². The molecule has 1 heterocycles. The lowest BCUT2D eigenvalue weighted by Crippen LogP contribution is -2.37. The van der Waals surface area contributed by atoms with Crippen molar-refractivity contribution in [1.29, 1.82) is 0 Å². The highest BCUT2D eigenvalue weighted by molar-refractivity contribution is 5.09. The molecule has 0 spiro atoms. The third-order valence-corrected chi connectivity index (χ3v) is 2.61. The SMILES string of the molecule is CN(CCC(N)c1ccc(F)cn1)CC(C)(C)O. The van der Waals surface area contributed by atoms with Gasteiger partial charge in [-0.1, -0.05) is 0 Å². The van der Waals surface area contributed by atoms with E-state index in [0.717, 1.165) is 6.54 Å². The normalized spacial score (nSPS) is 13.9. The van der Waals surface area contributed by atoms with E-state index in [2.05, 4.69) is 4.98 Å². The largest absolute Gasteiger partial charge is 0.389 e. The van der Waals surface area contributed by atoms with Crippen molar-refractivity contribution >= 4 is 0 Å². The summed E-state index contributed by atoms with van der Waals surface area (Å²) >= 11 is 0. The Kier molecular flexibility index (Phi) is 5.19. The van der Waals surface area contributed by atoms with Crippen LogP contribution in [0.25, 0.3) is 0 Å². The zero-order chi connectivity index (χ0) is 13.8. The zero-order valence-corrected chi connectivity index (χ0v) is 11.2. The predicted octanol–water partition coefficient (Wildman–Crippen LogP) is 1.31. The Morgan fingerprint density at radius 2 is 2.17 bits per heavy atom. The number of hydrogen-bond acceptors (Lipinski definition) is 4. The molecule has 0 aliphatic heterocycles. The predicted molar refractivity (Wildman–Crippen MR) is 69.5 cm³/mol. The maximum atomic E-state index is 12.7. The average Bonchev–Trinajstić information content (AvgIpc) is 2.24. The molecule has 0 aliphatic carbocycles. The first kappa shape index (κ1) is 15.0. The van der Waals surface area contributed by atoms with Crippen molar-refractivity contribution in [3.8, 4) is 0 Å². The zero-order valence-electron chi connectivity index (χ0n) is 11.2. The summed E-state index contributed by atoms with van der Waals surface area (Å²) in [6.07, 6.45) is 1.89. The molecule has 0 bridgehead atoms. The molecule has 1 aromatic heterocycles. The number of nitrogens with two attached hydrogens (primary N) is 1. The lowest BCUT2D eigenvalue weighted by molar-refractivity contribution is 0.0438. The molecule has 5 heteroatoms. The van der Waals surface area contributed by atoms with Crippen molar-refractivity contribution < 1.29 is 9.50 Å². The Labute approximate surface area is 108 Å². The van der Waals surface area contributed by atoms with Crippen LogP contribution in [0.3, 0.4) is 0 Å². The first-order chi connectivity index (χ1) is 8.28. The van der Waals surface area contributed by atoms with E-state index < -0.39 is 5.60 Å². The average molecular weight is 255 g/mol. The van der Waals surface area contributed by atoms with E-state index in [1.54, 1.807) is 19.9 Å². The second kappa shape index (κ2) is 6.22. The van der Waals surface area contributed by atoms with Crippen LogP contribution in [0, 0.1) is 5.82 Å². The fraction of sp³-hybridized carbons (Fsp3) is 0.615. The van der Waals surface area contributed by atoms with Gasteiger partial charge in [-0.25, -0.2) is 4.39 Å². The van der Waals surface area contributed by atoms with Crippen LogP contribution in [0.5, 0.6) is 0 Å². The van der Waals surface area contributed by atoms with Gasteiger partial charge in [0.1, 0.15) is 5.82 Å². The third-order valence-electron chi connectivity index (χ3n) is 2.61. The molecule has 0 aromatic carbocycles. The van der Waals surface area contributed by atoms with Crippen molar-refractivity contribution in [1.82, 2.24) is 9.88 Å². The highest BCUT2D eigenvalue weighted by Gasteiger charge is 2.16. The molecule has 3 N–H and O–H groups in total. The molecule has 1 unspecified atom stereocenters. The lowest BCUT2D eigenvalue weighted by atomic mass is 10.1.